The number of thiocarbonyl (C=S) groups is 1. The molecule has 1 heterocycles. The van der Waals surface area contributed by atoms with E-state index < -0.39 is 0 Å². The molecular weight excluding hydrogens is 380 g/mol. The van der Waals surface area contributed by atoms with E-state index in [1.165, 1.54) is 38.5 Å². The summed E-state index contributed by atoms with van der Waals surface area (Å²) in [5.41, 5.74) is 0.868. The van der Waals surface area contributed by atoms with Gasteiger partial charge in [0.1, 0.15) is 0 Å². The Morgan fingerprint density at radius 3 is 2.63 bits per heavy atom. The first-order valence-electron chi connectivity index (χ1n) is 9.75. The van der Waals surface area contributed by atoms with Crippen molar-refractivity contribution >= 4 is 28.9 Å². The largest absolute Gasteiger partial charge is 0.419 e. The van der Waals surface area contributed by atoms with Crippen LogP contribution in [0, 0.1) is 5.92 Å². The lowest BCUT2D eigenvalue weighted by Gasteiger charge is -2.33. The predicted molar refractivity (Wildman–Crippen MR) is 110 cm³/mol. The van der Waals surface area contributed by atoms with Crippen molar-refractivity contribution in [2.24, 2.45) is 5.92 Å². The van der Waals surface area contributed by atoms with E-state index in [0.717, 1.165) is 10.7 Å². The Balaban J connectivity index is 1.43. The first-order valence-corrected chi connectivity index (χ1v) is 10.5. The number of hydrogen-bond donors (Lipinski definition) is 1. The van der Waals surface area contributed by atoms with Crippen LogP contribution in [0.3, 0.4) is 0 Å². The molecule has 0 saturated heterocycles. The number of benzene rings is 1. The smallest absolute Gasteiger partial charge is 0.247 e. The second-order valence-corrected chi connectivity index (χ2v) is 8.51. The molecule has 5 nitrogen and oxygen atoms in total. The van der Waals surface area contributed by atoms with Crippen LogP contribution >= 0.6 is 23.8 Å². The molecule has 1 N–H and O–H groups in total. The van der Waals surface area contributed by atoms with Gasteiger partial charge >= 0.3 is 0 Å². The minimum Gasteiger partial charge on any atom is -0.419 e. The van der Waals surface area contributed by atoms with Crippen molar-refractivity contribution in [1.29, 1.82) is 0 Å². The zero-order valence-corrected chi connectivity index (χ0v) is 17.1. The van der Waals surface area contributed by atoms with Crippen LogP contribution in [-0.2, 0) is 6.54 Å². The van der Waals surface area contributed by atoms with Gasteiger partial charge in [-0.05, 0) is 68.1 Å². The third-order valence-electron chi connectivity index (χ3n) is 5.53. The molecule has 144 valence electrons. The van der Waals surface area contributed by atoms with Gasteiger partial charge in [0.05, 0.1) is 6.54 Å². The summed E-state index contributed by atoms with van der Waals surface area (Å²) in [4.78, 5) is 2.22. The molecule has 7 heteroatoms. The molecule has 2 aliphatic carbocycles. The number of nitrogens with one attached hydrogen (secondary N) is 1. The van der Waals surface area contributed by atoms with Gasteiger partial charge in [0, 0.05) is 22.7 Å². The number of aromatic nitrogens is 2. The second-order valence-electron chi connectivity index (χ2n) is 7.68. The minimum absolute atomic E-state index is 0.472. The lowest BCUT2D eigenvalue weighted by atomic mass is 9.86. The van der Waals surface area contributed by atoms with Gasteiger partial charge in [0.25, 0.3) is 0 Å². The van der Waals surface area contributed by atoms with Crippen molar-refractivity contribution in [2.45, 2.75) is 64.1 Å². The highest BCUT2D eigenvalue weighted by molar-refractivity contribution is 7.80. The summed E-state index contributed by atoms with van der Waals surface area (Å²) >= 11 is 11.7. The second kappa shape index (κ2) is 8.15. The summed E-state index contributed by atoms with van der Waals surface area (Å²) in [5, 5.41) is 13.5. The third kappa shape index (κ3) is 4.61. The average molecular weight is 405 g/mol. The molecule has 2 saturated carbocycles. The van der Waals surface area contributed by atoms with E-state index in [9.17, 15) is 0 Å². The van der Waals surface area contributed by atoms with Crippen molar-refractivity contribution in [3.8, 4) is 11.5 Å². The number of nitrogens with zero attached hydrogens (tertiary/aromatic N) is 3. The van der Waals surface area contributed by atoms with Crippen LogP contribution in [0.15, 0.2) is 28.7 Å². The van der Waals surface area contributed by atoms with E-state index in [2.05, 4.69) is 27.3 Å². The SMILES string of the molecule is C[C@H]1CCCC[C@@H]1NC(=S)N(Cc1nnc(-c2ccc(Cl)cc2)o1)C1CC1. The summed E-state index contributed by atoms with van der Waals surface area (Å²) < 4.78 is 5.88. The quantitative estimate of drug-likeness (QED) is 0.722. The van der Waals surface area contributed by atoms with E-state index in [1.54, 1.807) is 0 Å². The van der Waals surface area contributed by atoms with Crippen LogP contribution in [0.2, 0.25) is 5.02 Å². The molecule has 2 aromatic rings. The summed E-state index contributed by atoms with van der Waals surface area (Å²) in [6.07, 6.45) is 7.41. The van der Waals surface area contributed by atoms with Crippen molar-refractivity contribution in [2.75, 3.05) is 0 Å². The molecule has 4 rings (SSSR count). The highest BCUT2D eigenvalue weighted by Gasteiger charge is 2.33. The topological polar surface area (TPSA) is 54.2 Å². The molecule has 0 bridgehead atoms. The molecule has 0 aliphatic heterocycles. The normalized spacial score (nSPS) is 22.4. The highest BCUT2D eigenvalue weighted by Crippen LogP contribution is 2.30. The Morgan fingerprint density at radius 1 is 1.19 bits per heavy atom. The third-order valence-corrected chi connectivity index (χ3v) is 6.14. The minimum atomic E-state index is 0.472. The molecule has 0 amide bonds. The molecule has 2 atom stereocenters. The zero-order valence-electron chi connectivity index (χ0n) is 15.5. The average Bonchev–Trinajstić information content (AvgIpc) is 3.40. The van der Waals surface area contributed by atoms with Gasteiger partial charge < -0.3 is 14.6 Å². The Labute approximate surface area is 170 Å². The van der Waals surface area contributed by atoms with Crippen LogP contribution < -0.4 is 5.32 Å². The van der Waals surface area contributed by atoms with Crippen LogP contribution in [-0.4, -0.2) is 32.3 Å². The van der Waals surface area contributed by atoms with E-state index >= 15 is 0 Å². The van der Waals surface area contributed by atoms with Crippen molar-refractivity contribution in [1.82, 2.24) is 20.4 Å². The summed E-state index contributed by atoms with van der Waals surface area (Å²) in [6, 6.07) is 8.36. The van der Waals surface area contributed by atoms with E-state index in [1.807, 2.05) is 24.3 Å². The first-order chi connectivity index (χ1) is 13.1. The summed E-state index contributed by atoms with van der Waals surface area (Å²) in [5.74, 6) is 1.77. The lowest BCUT2D eigenvalue weighted by molar-refractivity contribution is 0.287. The zero-order chi connectivity index (χ0) is 18.8. The Kier molecular flexibility index (Phi) is 5.64. The molecule has 0 unspecified atom stereocenters. The van der Waals surface area contributed by atoms with Crippen molar-refractivity contribution in [3.63, 3.8) is 0 Å². The fourth-order valence-electron chi connectivity index (χ4n) is 3.70. The number of halogens is 1. The Hall–Kier alpha value is -1.66. The van der Waals surface area contributed by atoms with Crippen molar-refractivity contribution in [3.05, 3.63) is 35.2 Å². The maximum absolute atomic E-state index is 5.95. The predicted octanol–water partition coefficient (Wildman–Crippen LogP) is 4.81. The fraction of sp³-hybridized carbons (Fsp3) is 0.550. The highest BCUT2D eigenvalue weighted by atomic mass is 35.5. The Morgan fingerprint density at radius 2 is 1.93 bits per heavy atom. The van der Waals surface area contributed by atoms with Crippen LogP contribution in [0.4, 0.5) is 0 Å². The van der Waals surface area contributed by atoms with Crippen LogP contribution in [0.5, 0.6) is 0 Å². The van der Waals surface area contributed by atoms with Gasteiger partial charge in [0.2, 0.25) is 11.8 Å². The molecule has 2 aliphatic rings. The molecule has 0 spiro atoms. The molecule has 0 radical (unpaired) electrons. The van der Waals surface area contributed by atoms with E-state index in [-0.39, 0.29) is 0 Å². The van der Waals surface area contributed by atoms with Crippen LogP contribution in [0.25, 0.3) is 11.5 Å². The number of hydrogen-bond acceptors (Lipinski definition) is 4. The fourth-order valence-corrected chi connectivity index (χ4v) is 4.19. The van der Waals surface area contributed by atoms with E-state index in [0.29, 0.717) is 41.4 Å². The summed E-state index contributed by atoms with van der Waals surface area (Å²) in [6.45, 7) is 2.87. The summed E-state index contributed by atoms with van der Waals surface area (Å²) in [7, 11) is 0. The molecule has 2 fully saturated rings. The van der Waals surface area contributed by atoms with E-state index in [4.69, 9.17) is 28.2 Å². The van der Waals surface area contributed by atoms with Gasteiger partial charge in [0.15, 0.2) is 5.11 Å². The van der Waals surface area contributed by atoms with Gasteiger partial charge in [-0.2, -0.15) is 0 Å². The van der Waals surface area contributed by atoms with Gasteiger partial charge in [-0.15, -0.1) is 10.2 Å². The molecule has 1 aromatic heterocycles. The van der Waals surface area contributed by atoms with Crippen LogP contribution in [0.1, 0.15) is 51.3 Å². The lowest BCUT2D eigenvalue weighted by Crippen LogP contribution is -2.48. The maximum Gasteiger partial charge on any atom is 0.247 e. The van der Waals surface area contributed by atoms with Gasteiger partial charge in [-0.3, -0.25) is 0 Å². The Bertz CT molecular complexity index is 790. The first kappa shape index (κ1) is 18.7. The number of rotatable bonds is 5. The maximum atomic E-state index is 5.95. The van der Waals surface area contributed by atoms with Gasteiger partial charge in [-0.25, -0.2) is 0 Å². The van der Waals surface area contributed by atoms with Gasteiger partial charge in [-0.1, -0.05) is 31.4 Å². The monoisotopic (exact) mass is 404 g/mol. The molecular formula is C20H25ClN4OS. The van der Waals surface area contributed by atoms with Crippen molar-refractivity contribution < 1.29 is 4.42 Å². The molecule has 1 aromatic carbocycles. The standard InChI is InChI=1S/C20H25ClN4OS/c1-13-4-2-3-5-17(13)22-20(27)25(16-10-11-16)12-18-23-24-19(26-18)14-6-8-15(21)9-7-14/h6-9,13,16-17H,2-5,10-12H2,1H3,(H,22,27)/t13-,17-/m0/s1. The molecule has 27 heavy (non-hydrogen) atoms.